The number of carbonyl (C=O) groups is 1. The van der Waals surface area contributed by atoms with Crippen molar-refractivity contribution in [2.45, 2.75) is 44.4 Å². The molecule has 0 heterocycles. The summed E-state index contributed by atoms with van der Waals surface area (Å²) in [5.41, 5.74) is 0.664. The summed E-state index contributed by atoms with van der Waals surface area (Å²) in [4.78, 5) is 11.8. The lowest BCUT2D eigenvalue weighted by Gasteiger charge is -2.26. The van der Waals surface area contributed by atoms with Crippen molar-refractivity contribution in [1.82, 2.24) is 5.32 Å². The highest BCUT2D eigenvalue weighted by atomic mass is 32.2. The number of hydrogen-bond acceptors (Lipinski definition) is 2. The minimum absolute atomic E-state index is 0.0749. The third kappa shape index (κ3) is 4.82. The van der Waals surface area contributed by atoms with Crippen LogP contribution < -0.4 is 5.32 Å². The molecule has 1 N–H and O–H groups in total. The predicted octanol–water partition coefficient (Wildman–Crippen LogP) is 3.75. The third-order valence-corrected chi connectivity index (χ3v) is 4.81. The van der Waals surface area contributed by atoms with Gasteiger partial charge in [-0.15, -0.1) is 11.8 Å². The van der Waals surface area contributed by atoms with Crippen molar-refractivity contribution in [2.24, 2.45) is 5.92 Å². The molecule has 0 aliphatic heterocycles. The number of amides is 1. The molecule has 4 heteroatoms. The Kier molecular flexibility index (Phi) is 5.89. The summed E-state index contributed by atoms with van der Waals surface area (Å²) in [5.74, 6) is 1.62. The van der Waals surface area contributed by atoms with Crippen LogP contribution in [0.5, 0.6) is 0 Å². The molecule has 0 saturated heterocycles. The van der Waals surface area contributed by atoms with Gasteiger partial charge in [0.1, 0.15) is 5.82 Å². The average molecular weight is 295 g/mol. The van der Waals surface area contributed by atoms with Crippen molar-refractivity contribution in [1.29, 1.82) is 0 Å². The van der Waals surface area contributed by atoms with E-state index in [2.05, 4.69) is 12.2 Å². The summed E-state index contributed by atoms with van der Waals surface area (Å²) in [5, 5.41) is 3.09. The van der Waals surface area contributed by atoms with E-state index in [0.29, 0.717) is 23.1 Å². The molecule has 2 nitrogen and oxygen atoms in total. The monoisotopic (exact) mass is 295 g/mol. The Morgan fingerprint density at radius 1 is 1.30 bits per heavy atom. The van der Waals surface area contributed by atoms with Crippen LogP contribution in [-0.4, -0.2) is 17.7 Å². The van der Waals surface area contributed by atoms with Gasteiger partial charge in [-0.05, 0) is 43.2 Å². The highest BCUT2D eigenvalue weighted by Gasteiger charge is 2.19. The molecule has 110 valence electrons. The fourth-order valence-electron chi connectivity index (χ4n) is 2.54. The summed E-state index contributed by atoms with van der Waals surface area (Å²) in [6, 6.07) is 7.07. The first kappa shape index (κ1) is 15.4. The second-order valence-electron chi connectivity index (χ2n) is 5.61. The highest BCUT2D eigenvalue weighted by Crippen LogP contribution is 2.23. The van der Waals surface area contributed by atoms with Gasteiger partial charge in [0.2, 0.25) is 5.91 Å². The van der Waals surface area contributed by atoms with E-state index in [1.165, 1.54) is 30.7 Å². The second-order valence-corrected chi connectivity index (χ2v) is 6.59. The Bertz CT molecular complexity index is 444. The quantitative estimate of drug-likeness (QED) is 0.896. The molecule has 0 radical (unpaired) electrons. The van der Waals surface area contributed by atoms with E-state index in [9.17, 15) is 9.18 Å². The Hall–Kier alpha value is -1.03. The number of benzene rings is 1. The lowest BCUT2D eigenvalue weighted by Crippen LogP contribution is -2.38. The van der Waals surface area contributed by atoms with Gasteiger partial charge in [0.05, 0.1) is 5.75 Å². The van der Waals surface area contributed by atoms with Gasteiger partial charge in [-0.2, -0.15) is 0 Å². The topological polar surface area (TPSA) is 29.1 Å². The van der Waals surface area contributed by atoms with Crippen LogP contribution in [0.4, 0.5) is 4.39 Å². The van der Waals surface area contributed by atoms with Gasteiger partial charge in [0, 0.05) is 11.8 Å². The van der Waals surface area contributed by atoms with E-state index < -0.39 is 0 Å². The molecular weight excluding hydrogens is 273 g/mol. The lowest BCUT2D eigenvalue weighted by atomic mass is 9.87. The van der Waals surface area contributed by atoms with Gasteiger partial charge in [-0.3, -0.25) is 4.79 Å². The van der Waals surface area contributed by atoms with Crippen LogP contribution in [0, 0.1) is 11.7 Å². The Morgan fingerprint density at radius 2 is 2.00 bits per heavy atom. The zero-order chi connectivity index (χ0) is 14.4. The maximum Gasteiger partial charge on any atom is 0.230 e. The number of hydrogen-bond donors (Lipinski definition) is 1. The predicted molar refractivity (Wildman–Crippen MR) is 82.1 cm³/mol. The molecule has 0 aromatic heterocycles. The molecule has 1 aliphatic carbocycles. The van der Waals surface area contributed by atoms with Crippen molar-refractivity contribution in [3.8, 4) is 0 Å². The van der Waals surface area contributed by atoms with Crippen LogP contribution in [0.15, 0.2) is 24.3 Å². The molecule has 0 atom stereocenters. The first-order chi connectivity index (χ1) is 9.65. The zero-order valence-corrected chi connectivity index (χ0v) is 12.7. The summed E-state index contributed by atoms with van der Waals surface area (Å²) in [6.07, 6.45) is 4.58. The molecular formula is C16H22FNOS. The van der Waals surface area contributed by atoms with Gasteiger partial charge >= 0.3 is 0 Å². The van der Waals surface area contributed by atoms with Crippen molar-refractivity contribution in [3.05, 3.63) is 35.6 Å². The van der Waals surface area contributed by atoms with Crippen LogP contribution in [0.1, 0.15) is 38.2 Å². The maximum absolute atomic E-state index is 13.4. The Balaban J connectivity index is 1.67. The number of rotatable bonds is 5. The summed E-state index contributed by atoms with van der Waals surface area (Å²) < 4.78 is 13.4. The van der Waals surface area contributed by atoms with E-state index in [1.807, 2.05) is 6.07 Å². The number of carbonyl (C=O) groups excluding carboxylic acids is 1. The van der Waals surface area contributed by atoms with Gasteiger partial charge in [0.25, 0.3) is 0 Å². The van der Waals surface area contributed by atoms with Gasteiger partial charge in [-0.1, -0.05) is 25.1 Å². The molecule has 0 bridgehead atoms. The Morgan fingerprint density at radius 3 is 2.70 bits per heavy atom. The third-order valence-electron chi connectivity index (χ3n) is 3.83. The highest BCUT2D eigenvalue weighted by molar-refractivity contribution is 7.99. The summed E-state index contributed by atoms with van der Waals surface area (Å²) >= 11 is 1.47. The summed E-state index contributed by atoms with van der Waals surface area (Å²) in [6.45, 7) is 2.27. The van der Waals surface area contributed by atoms with Crippen molar-refractivity contribution < 1.29 is 9.18 Å². The van der Waals surface area contributed by atoms with Gasteiger partial charge < -0.3 is 5.32 Å². The Labute approximate surface area is 124 Å². The minimum atomic E-state index is -0.193. The summed E-state index contributed by atoms with van der Waals surface area (Å²) in [7, 11) is 0. The first-order valence-corrected chi connectivity index (χ1v) is 8.41. The molecule has 1 fully saturated rings. The van der Waals surface area contributed by atoms with Crippen molar-refractivity contribution in [2.75, 3.05) is 5.75 Å². The van der Waals surface area contributed by atoms with E-state index in [-0.39, 0.29) is 11.7 Å². The van der Waals surface area contributed by atoms with Crippen molar-refractivity contribution >= 4 is 17.7 Å². The normalized spacial score (nSPS) is 22.5. The number of halogens is 1. The number of thioether (sulfide) groups is 1. The molecule has 1 aromatic rings. The second kappa shape index (κ2) is 7.67. The van der Waals surface area contributed by atoms with Crippen molar-refractivity contribution in [3.63, 3.8) is 0 Å². The van der Waals surface area contributed by atoms with E-state index in [4.69, 9.17) is 0 Å². The molecule has 1 amide bonds. The fraction of sp³-hybridized carbons (Fsp3) is 0.562. The molecule has 1 saturated carbocycles. The van der Waals surface area contributed by atoms with Crippen LogP contribution >= 0.6 is 11.8 Å². The largest absolute Gasteiger partial charge is 0.353 e. The molecule has 1 aliphatic rings. The standard InChI is InChI=1S/C16H22FNOS/c1-12-6-8-14(9-7-12)18-16(19)11-20-10-13-4-2-3-5-15(13)17/h2-5,12,14H,6-11H2,1H3,(H,18,19). The molecule has 2 rings (SSSR count). The minimum Gasteiger partial charge on any atom is -0.353 e. The molecule has 20 heavy (non-hydrogen) atoms. The van der Waals surface area contributed by atoms with Crippen LogP contribution in [-0.2, 0) is 10.5 Å². The number of nitrogens with one attached hydrogen (secondary N) is 1. The fourth-order valence-corrected chi connectivity index (χ4v) is 3.37. The molecule has 0 unspecified atom stereocenters. The van der Waals surface area contributed by atoms with Gasteiger partial charge in [-0.25, -0.2) is 4.39 Å². The molecule has 1 aromatic carbocycles. The van der Waals surface area contributed by atoms with Crippen LogP contribution in [0.3, 0.4) is 0 Å². The lowest BCUT2D eigenvalue weighted by molar-refractivity contribution is -0.119. The zero-order valence-electron chi connectivity index (χ0n) is 11.9. The van der Waals surface area contributed by atoms with Gasteiger partial charge in [0.15, 0.2) is 0 Å². The van der Waals surface area contributed by atoms with E-state index in [0.717, 1.165) is 18.8 Å². The first-order valence-electron chi connectivity index (χ1n) is 7.25. The SMILES string of the molecule is CC1CCC(NC(=O)CSCc2ccccc2F)CC1. The van der Waals surface area contributed by atoms with E-state index >= 15 is 0 Å². The molecule has 0 spiro atoms. The average Bonchev–Trinajstić information content (AvgIpc) is 2.43. The smallest absolute Gasteiger partial charge is 0.230 e. The van der Waals surface area contributed by atoms with E-state index in [1.54, 1.807) is 12.1 Å². The van der Waals surface area contributed by atoms with Crippen LogP contribution in [0.2, 0.25) is 0 Å². The van der Waals surface area contributed by atoms with Crippen LogP contribution in [0.25, 0.3) is 0 Å². The maximum atomic E-state index is 13.4.